The molecule has 2 rings (SSSR count). The summed E-state index contributed by atoms with van der Waals surface area (Å²) in [5, 5.41) is 0.508. The minimum absolute atomic E-state index is 0.293. The van der Waals surface area contributed by atoms with Gasteiger partial charge in [-0.3, -0.25) is 4.79 Å². The Kier molecular flexibility index (Phi) is 3.63. The van der Waals surface area contributed by atoms with Crippen molar-refractivity contribution in [3.05, 3.63) is 58.9 Å². The van der Waals surface area contributed by atoms with E-state index in [4.69, 9.17) is 11.6 Å². The van der Waals surface area contributed by atoms with Crippen LogP contribution in [0.25, 0.3) is 0 Å². The molecule has 0 saturated heterocycles. The van der Waals surface area contributed by atoms with E-state index in [-0.39, 0.29) is 5.82 Å². The highest BCUT2D eigenvalue weighted by Crippen LogP contribution is 2.28. The Hall–Kier alpha value is -1.87. The maximum atomic E-state index is 12.9. The molecule has 0 atom stereocenters. The van der Waals surface area contributed by atoms with Crippen LogP contribution in [0.5, 0.6) is 0 Å². The van der Waals surface area contributed by atoms with Gasteiger partial charge in [-0.05, 0) is 42.5 Å². The van der Waals surface area contributed by atoms with Crippen LogP contribution in [0.1, 0.15) is 10.4 Å². The Balaban J connectivity index is 2.42. The highest BCUT2D eigenvalue weighted by Gasteiger charge is 2.09. The van der Waals surface area contributed by atoms with Crippen LogP contribution in [-0.4, -0.2) is 13.3 Å². The maximum Gasteiger partial charge on any atom is 0.152 e. The molecule has 0 aliphatic carbocycles. The van der Waals surface area contributed by atoms with Crippen molar-refractivity contribution >= 4 is 29.3 Å². The molecule has 0 fully saturated rings. The van der Waals surface area contributed by atoms with Gasteiger partial charge >= 0.3 is 0 Å². The topological polar surface area (TPSA) is 20.3 Å². The minimum Gasteiger partial charge on any atom is -0.344 e. The zero-order valence-corrected chi connectivity index (χ0v) is 10.5. The summed E-state index contributed by atoms with van der Waals surface area (Å²) in [5.74, 6) is -0.293. The van der Waals surface area contributed by atoms with Gasteiger partial charge < -0.3 is 4.90 Å². The van der Waals surface area contributed by atoms with Crippen molar-refractivity contribution in [1.82, 2.24) is 0 Å². The number of carbonyl (C=O) groups excluding carboxylic acids is 1. The normalized spacial score (nSPS) is 10.2. The molecule has 4 heteroatoms. The first-order valence-corrected chi connectivity index (χ1v) is 5.73. The first kappa shape index (κ1) is 12.6. The van der Waals surface area contributed by atoms with E-state index >= 15 is 0 Å². The number of benzene rings is 2. The van der Waals surface area contributed by atoms with Crippen molar-refractivity contribution < 1.29 is 9.18 Å². The number of carbonyl (C=O) groups is 1. The molecule has 0 saturated carbocycles. The molecule has 0 N–H and O–H groups in total. The second-order valence-corrected chi connectivity index (χ2v) is 4.29. The molecular weight excluding hydrogens is 253 g/mol. The van der Waals surface area contributed by atoms with E-state index in [0.717, 1.165) is 17.7 Å². The zero-order valence-electron chi connectivity index (χ0n) is 9.73. The van der Waals surface area contributed by atoms with Crippen LogP contribution in [0, 0.1) is 5.82 Å². The first-order valence-electron chi connectivity index (χ1n) is 5.36. The fraction of sp³-hybridized carbons (Fsp3) is 0.0714. The lowest BCUT2D eigenvalue weighted by Crippen LogP contribution is -2.11. The van der Waals surface area contributed by atoms with Gasteiger partial charge in [0.2, 0.25) is 0 Å². The Morgan fingerprint density at radius 1 is 1.17 bits per heavy atom. The van der Waals surface area contributed by atoms with E-state index in [0.29, 0.717) is 10.6 Å². The smallest absolute Gasteiger partial charge is 0.152 e. The SMILES string of the molecule is CN(c1ccc(F)cc1)c1ccc(Cl)cc1C=O. The Bertz CT molecular complexity index is 569. The lowest BCUT2D eigenvalue weighted by molar-refractivity contribution is 0.112. The fourth-order valence-electron chi connectivity index (χ4n) is 1.73. The van der Waals surface area contributed by atoms with Gasteiger partial charge in [0.05, 0.1) is 5.69 Å². The summed E-state index contributed by atoms with van der Waals surface area (Å²) in [7, 11) is 1.81. The molecule has 0 bridgehead atoms. The molecule has 0 aromatic heterocycles. The molecule has 0 unspecified atom stereocenters. The number of anilines is 2. The zero-order chi connectivity index (χ0) is 13.1. The Morgan fingerprint density at radius 2 is 1.83 bits per heavy atom. The van der Waals surface area contributed by atoms with Crippen molar-refractivity contribution in [3.63, 3.8) is 0 Å². The maximum absolute atomic E-state index is 12.9. The van der Waals surface area contributed by atoms with E-state index < -0.39 is 0 Å². The second-order valence-electron chi connectivity index (χ2n) is 3.86. The predicted octanol–water partition coefficient (Wildman–Crippen LogP) is 4.06. The van der Waals surface area contributed by atoms with Crippen LogP contribution in [0.2, 0.25) is 5.02 Å². The van der Waals surface area contributed by atoms with Crippen molar-refractivity contribution in [2.45, 2.75) is 0 Å². The summed E-state index contributed by atoms with van der Waals surface area (Å²) in [6, 6.07) is 11.1. The van der Waals surface area contributed by atoms with E-state index in [1.165, 1.54) is 12.1 Å². The molecule has 0 radical (unpaired) electrons. The van der Waals surface area contributed by atoms with Gasteiger partial charge in [0.15, 0.2) is 6.29 Å². The highest BCUT2D eigenvalue weighted by atomic mass is 35.5. The van der Waals surface area contributed by atoms with E-state index in [1.54, 1.807) is 35.2 Å². The molecule has 0 heterocycles. The summed E-state index contributed by atoms with van der Waals surface area (Å²) in [6.45, 7) is 0. The van der Waals surface area contributed by atoms with Gasteiger partial charge in [-0.25, -0.2) is 4.39 Å². The number of halogens is 2. The third kappa shape index (κ3) is 2.51. The van der Waals surface area contributed by atoms with Crippen molar-refractivity contribution in [2.24, 2.45) is 0 Å². The summed E-state index contributed by atoms with van der Waals surface area (Å²) in [5.41, 5.74) is 2.01. The van der Waals surface area contributed by atoms with E-state index in [2.05, 4.69) is 0 Å². The summed E-state index contributed by atoms with van der Waals surface area (Å²) in [6.07, 6.45) is 0.751. The average molecular weight is 264 g/mol. The lowest BCUT2D eigenvalue weighted by atomic mass is 10.1. The second kappa shape index (κ2) is 5.19. The Morgan fingerprint density at radius 3 is 2.44 bits per heavy atom. The molecule has 2 aromatic carbocycles. The van der Waals surface area contributed by atoms with Crippen molar-refractivity contribution in [3.8, 4) is 0 Å². The van der Waals surface area contributed by atoms with Crippen LogP contribution in [0.4, 0.5) is 15.8 Å². The third-order valence-corrected chi connectivity index (χ3v) is 2.93. The largest absolute Gasteiger partial charge is 0.344 e. The number of nitrogens with zero attached hydrogens (tertiary/aromatic N) is 1. The molecule has 0 amide bonds. The molecule has 2 nitrogen and oxygen atoms in total. The van der Waals surface area contributed by atoms with E-state index in [1.807, 2.05) is 7.05 Å². The predicted molar refractivity (Wildman–Crippen MR) is 71.3 cm³/mol. The quantitative estimate of drug-likeness (QED) is 0.779. The monoisotopic (exact) mass is 263 g/mol. The lowest BCUT2D eigenvalue weighted by Gasteiger charge is -2.21. The van der Waals surface area contributed by atoms with E-state index in [9.17, 15) is 9.18 Å². The van der Waals surface area contributed by atoms with Crippen molar-refractivity contribution in [1.29, 1.82) is 0 Å². The van der Waals surface area contributed by atoms with Gasteiger partial charge in [-0.2, -0.15) is 0 Å². The Labute approximate surface area is 110 Å². The minimum atomic E-state index is -0.293. The number of rotatable bonds is 3. The van der Waals surface area contributed by atoms with Gasteiger partial charge in [-0.1, -0.05) is 11.6 Å². The first-order chi connectivity index (χ1) is 8.61. The van der Waals surface area contributed by atoms with Crippen LogP contribution in [0.3, 0.4) is 0 Å². The van der Waals surface area contributed by atoms with Gasteiger partial charge in [0.25, 0.3) is 0 Å². The molecule has 2 aromatic rings. The standard InChI is InChI=1S/C14H11ClFNO/c1-17(13-5-3-12(16)4-6-13)14-7-2-11(15)8-10(14)9-18/h2-9H,1H3. The molecule has 18 heavy (non-hydrogen) atoms. The van der Waals surface area contributed by atoms with Gasteiger partial charge in [-0.15, -0.1) is 0 Å². The fourth-order valence-corrected chi connectivity index (χ4v) is 1.91. The van der Waals surface area contributed by atoms with Crippen LogP contribution in [0.15, 0.2) is 42.5 Å². The van der Waals surface area contributed by atoms with Crippen LogP contribution >= 0.6 is 11.6 Å². The highest BCUT2D eigenvalue weighted by molar-refractivity contribution is 6.31. The number of hydrogen-bond acceptors (Lipinski definition) is 2. The van der Waals surface area contributed by atoms with Crippen LogP contribution < -0.4 is 4.90 Å². The molecule has 0 aliphatic heterocycles. The van der Waals surface area contributed by atoms with Crippen LogP contribution in [-0.2, 0) is 0 Å². The summed E-state index contributed by atoms with van der Waals surface area (Å²) in [4.78, 5) is 12.8. The molecule has 0 spiro atoms. The molecular formula is C14H11ClFNO. The van der Waals surface area contributed by atoms with Crippen molar-refractivity contribution in [2.75, 3.05) is 11.9 Å². The third-order valence-electron chi connectivity index (χ3n) is 2.69. The van der Waals surface area contributed by atoms with Gasteiger partial charge in [0, 0.05) is 23.3 Å². The molecule has 92 valence electrons. The number of aldehydes is 1. The average Bonchev–Trinajstić information content (AvgIpc) is 2.38. The number of hydrogen-bond donors (Lipinski definition) is 0. The summed E-state index contributed by atoms with van der Waals surface area (Å²) >= 11 is 5.84. The van der Waals surface area contributed by atoms with Gasteiger partial charge in [0.1, 0.15) is 5.82 Å². The summed E-state index contributed by atoms with van der Waals surface area (Å²) < 4.78 is 12.9. The molecule has 0 aliphatic rings.